The number of benzene rings is 1. The van der Waals surface area contributed by atoms with Gasteiger partial charge in [0.2, 0.25) is 16.0 Å². The van der Waals surface area contributed by atoms with Crippen molar-refractivity contribution in [3.63, 3.8) is 0 Å². The van der Waals surface area contributed by atoms with Gasteiger partial charge in [0, 0.05) is 54.7 Å². The highest BCUT2D eigenvalue weighted by Gasteiger charge is 2.19. The van der Waals surface area contributed by atoms with Crippen molar-refractivity contribution in [2.75, 3.05) is 60.7 Å². The molecule has 0 bridgehead atoms. The first-order valence-electron chi connectivity index (χ1n) is 12.6. The van der Waals surface area contributed by atoms with E-state index in [2.05, 4.69) is 25.2 Å². The summed E-state index contributed by atoms with van der Waals surface area (Å²) in [5, 5.41) is 4.11. The van der Waals surface area contributed by atoms with E-state index >= 15 is 0 Å². The van der Waals surface area contributed by atoms with E-state index in [1.54, 1.807) is 32.5 Å². The molecule has 0 aliphatic carbocycles. The fourth-order valence-electron chi connectivity index (χ4n) is 4.53. The van der Waals surface area contributed by atoms with Crippen LogP contribution in [-0.2, 0) is 14.8 Å². The molecule has 3 aromatic heterocycles. The second-order valence-corrected chi connectivity index (χ2v) is 10.9. The molecule has 12 heteroatoms. The van der Waals surface area contributed by atoms with Crippen LogP contribution in [0.3, 0.4) is 0 Å². The summed E-state index contributed by atoms with van der Waals surface area (Å²) in [5.74, 6) is 1.42. The molecule has 0 spiro atoms. The van der Waals surface area contributed by atoms with Gasteiger partial charge in [-0.1, -0.05) is 0 Å². The fraction of sp³-hybridized carbons (Fsp3) is 0.296. The van der Waals surface area contributed by atoms with Crippen molar-refractivity contribution in [2.24, 2.45) is 0 Å². The maximum absolute atomic E-state index is 12.3. The third-order valence-corrected chi connectivity index (χ3v) is 7.65. The SMILES string of the molecule is CCN(c1ncccc1/C=C/c1nc(Nc2ccc(N3CCOCC3)cc2OC)nc2[nH]ccc12)S(C)(=O)=O. The summed E-state index contributed by atoms with van der Waals surface area (Å²) in [6.45, 7) is 5.11. The van der Waals surface area contributed by atoms with Gasteiger partial charge in [0.05, 0.1) is 38.0 Å². The number of hydrogen-bond acceptors (Lipinski definition) is 9. The van der Waals surface area contributed by atoms with E-state index in [1.807, 2.05) is 42.5 Å². The lowest BCUT2D eigenvalue weighted by Gasteiger charge is -2.29. The number of anilines is 4. The predicted molar refractivity (Wildman–Crippen MR) is 154 cm³/mol. The number of nitrogens with zero attached hydrogens (tertiary/aromatic N) is 5. The molecule has 0 amide bonds. The van der Waals surface area contributed by atoms with Crippen molar-refractivity contribution in [3.05, 3.63) is 60.0 Å². The Bertz CT molecular complexity index is 1600. The van der Waals surface area contributed by atoms with E-state index in [0.717, 1.165) is 29.9 Å². The van der Waals surface area contributed by atoms with Crippen LogP contribution in [0.2, 0.25) is 0 Å². The van der Waals surface area contributed by atoms with Gasteiger partial charge in [0.25, 0.3) is 0 Å². The third kappa shape index (κ3) is 5.81. The summed E-state index contributed by atoms with van der Waals surface area (Å²) >= 11 is 0. The van der Waals surface area contributed by atoms with Crippen molar-refractivity contribution < 1.29 is 17.9 Å². The minimum Gasteiger partial charge on any atom is -0.494 e. The normalized spacial score (nSPS) is 14.2. The Hall–Kier alpha value is -4.16. The highest BCUT2D eigenvalue weighted by Crippen LogP contribution is 2.32. The molecule has 5 rings (SSSR count). The van der Waals surface area contributed by atoms with E-state index in [1.165, 1.54) is 10.6 Å². The second-order valence-electron chi connectivity index (χ2n) is 8.96. The highest BCUT2D eigenvalue weighted by molar-refractivity contribution is 7.92. The molecule has 1 aromatic carbocycles. The predicted octanol–water partition coefficient (Wildman–Crippen LogP) is 3.90. The molecule has 0 radical (unpaired) electrons. The van der Waals surface area contributed by atoms with Gasteiger partial charge in [-0.3, -0.25) is 4.31 Å². The van der Waals surface area contributed by atoms with Gasteiger partial charge in [-0.15, -0.1) is 0 Å². The summed E-state index contributed by atoms with van der Waals surface area (Å²) in [6.07, 6.45) is 8.20. The number of nitrogens with one attached hydrogen (secondary N) is 2. The topological polar surface area (TPSA) is 126 Å². The van der Waals surface area contributed by atoms with Crippen molar-refractivity contribution >= 4 is 56.3 Å². The lowest BCUT2D eigenvalue weighted by atomic mass is 10.2. The first kappa shape index (κ1) is 26.4. The second kappa shape index (κ2) is 11.3. The molecular formula is C27H31N7O4S. The van der Waals surface area contributed by atoms with Crippen LogP contribution in [0.5, 0.6) is 5.75 Å². The standard InChI is InChI=1S/C27H31N7O4S/c1-4-34(39(3,35)36)26-19(6-5-12-29-26)7-9-22-21-11-13-28-25(21)32-27(30-22)31-23-10-8-20(18-24(23)37-2)33-14-16-38-17-15-33/h5-13,18H,4,14-17H2,1-3H3,(H2,28,30,31,32)/b9-7+. The number of fused-ring (bicyclic) bond motifs is 1. The molecule has 4 heterocycles. The van der Waals surface area contributed by atoms with Crippen LogP contribution in [-0.4, -0.2) is 74.6 Å². The lowest BCUT2D eigenvalue weighted by molar-refractivity contribution is 0.122. The Morgan fingerprint density at radius 2 is 2.00 bits per heavy atom. The van der Waals surface area contributed by atoms with Crippen LogP contribution in [0.25, 0.3) is 23.2 Å². The number of hydrogen-bond donors (Lipinski definition) is 2. The first-order valence-corrected chi connectivity index (χ1v) is 14.5. The van der Waals surface area contributed by atoms with Gasteiger partial charge in [-0.05, 0) is 49.4 Å². The Labute approximate surface area is 227 Å². The Balaban J connectivity index is 1.47. The van der Waals surface area contributed by atoms with Gasteiger partial charge in [-0.2, -0.15) is 4.98 Å². The molecule has 0 atom stereocenters. The number of sulfonamides is 1. The van der Waals surface area contributed by atoms with Gasteiger partial charge in [-0.25, -0.2) is 18.4 Å². The quantitative estimate of drug-likeness (QED) is 0.320. The van der Waals surface area contributed by atoms with E-state index in [4.69, 9.17) is 14.5 Å². The largest absolute Gasteiger partial charge is 0.494 e. The molecule has 2 N–H and O–H groups in total. The lowest BCUT2D eigenvalue weighted by Crippen LogP contribution is -2.36. The van der Waals surface area contributed by atoms with Gasteiger partial charge >= 0.3 is 0 Å². The summed E-state index contributed by atoms with van der Waals surface area (Å²) in [7, 11) is -1.85. The molecule has 1 aliphatic heterocycles. The van der Waals surface area contributed by atoms with Gasteiger partial charge in [0.15, 0.2) is 0 Å². The number of aromatic amines is 1. The van der Waals surface area contributed by atoms with Crippen molar-refractivity contribution in [1.82, 2.24) is 19.9 Å². The molecule has 1 fully saturated rings. The van der Waals surface area contributed by atoms with Crippen LogP contribution in [0.1, 0.15) is 18.2 Å². The molecule has 1 aliphatic rings. The van der Waals surface area contributed by atoms with Crippen LogP contribution in [0.4, 0.5) is 23.1 Å². The number of methoxy groups -OCH3 is 1. The zero-order valence-electron chi connectivity index (χ0n) is 22.1. The van der Waals surface area contributed by atoms with Crippen LogP contribution < -0.4 is 19.3 Å². The maximum Gasteiger partial charge on any atom is 0.233 e. The molecule has 1 saturated heterocycles. The van der Waals surface area contributed by atoms with Crippen molar-refractivity contribution in [1.29, 1.82) is 0 Å². The van der Waals surface area contributed by atoms with Gasteiger partial charge in [0.1, 0.15) is 17.2 Å². The summed E-state index contributed by atoms with van der Waals surface area (Å²) in [4.78, 5) is 19.1. The Kier molecular flexibility index (Phi) is 7.66. The average Bonchev–Trinajstić information content (AvgIpc) is 3.41. The van der Waals surface area contributed by atoms with E-state index in [-0.39, 0.29) is 6.54 Å². The van der Waals surface area contributed by atoms with E-state index in [9.17, 15) is 8.42 Å². The van der Waals surface area contributed by atoms with E-state index < -0.39 is 10.0 Å². The Morgan fingerprint density at radius 1 is 1.18 bits per heavy atom. The van der Waals surface area contributed by atoms with Crippen LogP contribution >= 0.6 is 0 Å². The highest BCUT2D eigenvalue weighted by atomic mass is 32.2. The van der Waals surface area contributed by atoms with Crippen molar-refractivity contribution in [3.8, 4) is 5.75 Å². The molecule has 4 aromatic rings. The monoisotopic (exact) mass is 549 g/mol. The zero-order valence-corrected chi connectivity index (χ0v) is 22.9. The number of H-pyrrole nitrogens is 1. The molecule has 0 unspecified atom stereocenters. The van der Waals surface area contributed by atoms with Crippen LogP contribution in [0, 0.1) is 0 Å². The summed E-state index contributed by atoms with van der Waals surface area (Å²) in [6, 6.07) is 11.5. The molecule has 39 heavy (non-hydrogen) atoms. The molecule has 0 saturated carbocycles. The van der Waals surface area contributed by atoms with Crippen LogP contribution in [0.15, 0.2) is 48.8 Å². The third-order valence-electron chi connectivity index (χ3n) is 6.41. The molecule has 11 nitrogen and oxygen atoms in total. The summed E-state index contributed by atoms with van der Waals surface area (Å²) < 4.78 is 37.1. The number of morpholine rings is 1. The number of ether oxygens (including phenoxy) is 2. The molecular weight excluding hydrogens is 518 g/mol. The number of pyridine rings is 1. The number of aromatic nitrogens is 4. The minimum atomic E-state index is -3.48. The average molecular weight is 550 g/mol. The van der Waals surface area contributed by atoms with Crippen molar-refractivity contribution in [2.45, 2.75) is 6.92 Å². The minimum absolute atomic E-state index is 0.270. The zero-order chi connectivity index (χ0) is 27.4. The fourth-order valence-corrected chi connectivity index (χ4v) is 5.46. The number of rotatable bonds is 9. The summed E-state index contributed by atoms with van der Waals surface area (Å²) in [5.41, 5.74) is 3.77. The molecule has 204 valence electrons. The Morgan fingerprint density at radius 3 is 2.74 bits per heavy atom. The first-order chi connectivity index (χ1) is 18.9. The van der Waals surface area contributed by atoms with Gasteiger partial charge < -0.3 is 24.7 Å². The maximum atomic E-state index is 12.3. The smallest absolute Gasteiger partial charge is 0.233 e. The van der Waals surface area contributed by atoms with E-state index in [0.29, 0.717) is 47.6 Å².